The Bertz CT molecular complexity index is 343. The zero-order chi connectivity index (χ0) is 10.1. The fourth-order valence-electron chi connectivity index (χ4n) is 1.97. The van der Waals surface area contributed by atoms with E-state index in [4.69, 9.17) is 4.42 Å². The van der Waals surface area contributed by atoms with E-state index < -0.39 is 0 Å². The molecule has 1 aromatic rings. The van der Waals surface area contributed by atoms with Gasteiger partial charge in [-0.3, -0.25) is 4.79 Å². The highest BCUT2D eigenvalue weighted by Crippen LogP contribution is 2.24. The number of hydrogen-bond donors (Lipinski definition) is 1. The number of nitrogens with one attached hydrogen (secondary N) is 1. The van der Waals surface area contributed by atoms with E-state index in [2.05, 4.69) is 5.32 Å². The summed E-state index contributed by atoms with van der Waals surface area (Å²) in [6.07, 6.45) is 2.97. The molecule has 2 rings (SSSR count). The van der Waals surface area contributed by atoms with Gasteiger partial charge < -0.3 is 9.73 Å². The first-order chi connectivity index (χ1) is 6.65. The molecule has 76 valence electrons. The van der Waals surface area contributed by atoms with Gasteiger partial charge in [-0.05, 0) is 19.9 Å². The Labute approximate surface area is 83.5 Å². The average Bonchev–Trinajstić information content (AvgIpc) is 2.50. The number of ketones is 1. The van der Waals surface area contributed by atoms with E-state index in [1.165, 1.54) is 0 Å². The lowest BCUT2D eigenvalue weighted by atomic mass is 9.94. The standard InChI is InChI=1S/C11H15NO2/c1-7-3-10(13)5-11(12-7)9-4-8(2)14-6-9/h4,6-7,11-12H,3,5H2,1-2H3. The minimum Gasteiger partial charge on any atom is -0.469 e. The number of carbonyl (C=O) groups is 1. The molecule has 3 nitrogen and oxygen atoms in total. The van der Waals surface area contributed by atoms with Gasteiger partial charge in [-0.1, -0.05) is 0 Å². The maximum Gasteiger partial charge on any atom is 0.136 e. The van der Waals surface area contributed by atoms with Crippen LogP contribution in [0.25, 0.3) is 0 Å². The molecule has 1 aromatic heterocycles. The molecule has 0 aliphatic carbocycles. The predicted molar refractivity (Wildman–Crippen MR) is 53.0 cm³/mol. The summed E-state index contributed by atoms with van der Waals surface area (Å²) in [5.74, 6) is 1.23. The monoisotopic (exact) mass is 193 g/mol. The molecule has 14 heavy (non-hydrogen) atoms. The van der Waals surface area contributed by atoms with Crippen molar-refractivity contribution in [2.45, 2.75) is 38.8 Å². The lowest BCUT2D eigenvalue weighted by molar-refractivity contribution is -0.121. The highest BCUT2D eigenvalue weighted by atomic mass is 16.3. The summed E-state index contributed by atoms with van der Waals surface area (Å²) >= 11 is 0. The molecular weight excluding hydrogens is 178 g/mol. The minimum absolute atomic E-state index is 0.142. The second-order valence-electron chi connectivity index (χ2n) is 4.06. The van der Waals surface area contributed by atoms with E-state index in [1.807, 2.05) is 19.9 Å². The van der Waals surface area contributed by atoms with Crippen LogP contribution in [0.1, 0.15) is 37.1 Å². The number of piperidine rings is 1. The number of hydrogen-bond acceptors (Lipinski definition) is 3. The Morgan fingerprint density at radius 3 is 2.86 bits per heavy atom. The first kappa shape index (κ1) is 9.46. The fourth-order valence-corrected chi connectivity index (χ4v) is 1.97. The van der Waals surface area contributed by atoms with Gasteiger partial charge in [0.2, 0.25) is 0 Å². The summed E-state index contributed by atoms with van der Waals surface area (Å²) in [6, 6.07) is 2.41. The van der Waals surface area contributed by atoms with E-state index >= 15 is 0 Å². The molecular formula is C11H15NO2. The molecule has 2 atom stereocenters. The molecule has 0 spiro atoms. The van der Waals surface area contributed by atoms with Gasteiger partial charge in [0.25, 0.3) is 0 Å². The van der Waals surface area contributed by atoms with Crippen LogP contribution in [0.3, 0.4) is 0 Å². The van der Waals surface area contributed by atoms with Crippen molar-refractivity contribution in [2.24, 2.45) is 0 Å². The Kier molecular flexibility index (Phi) is 2.42. The van der Waals surface area contributed by atoms with Gasteiger partial charge in [0.1, 0.15) is 11.5 Å². The largest absolute Gasteiger partial charge is 0.469 e. The van der Waals surface area contributed by atoms with E-state index in [1.54, 1.807) is 6.26 Å². The number of Topliss-reactive ketones (excluding diaryl/α,β-unsaturated/α-hetero) is 1. The van der Waals surface area contributed by atoms with Gasteiger partial charge in [-0.2, -0.15) is 0 Å². The lowest BCUT2D eigenvalue weighted by Gasteiger charge is -2.26. The number of furan rings is 1. The van der Waals surface area contributed by atoms with Gasteiger partial charge in [-0.15, -0.1) is 0 Å². The number of carbonyl (C=O) groups excluding carboxylic acids is 1. The van der Waals surface area contributed by atoms with Crippen LogP contribution in [-0.4, -0.2) is 11.8 Å². The van der Waals surface area contributed by atoms with Crippen LogP contribution in [0.15, 0.2) is 16.7 Å². The third-order valence-corrected chi connectivity index (χ3v) is 2.60. The normalized spacial score (nSPS) is 28.0. The summed E-state index contributed by atoms with van der Waals surface area (Å²) in [4.78, 5) is 11.4. The highest BCUT2D eigenvalue weighted by Gasteiger charge is 2.25. The highest BCUT2D eigenvalue weighted by molar-refractivity contribution is 5.80. The van der Waals surface area contributed by atoms with Gasteiger partial charge >= 0.3 is 0 Å². The molecule has 1 aliphatic rings. The molecule has 1 N–H and O–H groups in total. The van der Waals surface area contributed by atoms with Crippen molar-refractivity contribution < 1.29 is 9.21 Å². The van der Waals surface area contributed by atoms with E-state index in [-0.39, 0.29) is 12.1 Å². The molecule has 0 amide bonds. The summed E-state index contributed by atoms with van der Waals surface area (Å²) in [5, 5.41) is 3.40. The molecule has 0 bridgehead atoms. The molecule has 1 fully saturated rings. The Morgan fingerprint density at radius 2 is 2.29 bits per heavy atom. The second kappa shape index (κ2) is 3.58. The van der Waals surface area contributed by atoms with Crippen molar-refractivity contribution >= 4 is 5.78 Å². The van der Waals surface area contributed by atoms with Crippen molar-refractivity contribution in [3.63, 3.8) is 0 Å². The van der Waals surface area contributed by atoms with Gasteiger partial charge in [-0.25, -0.2) is 0 Å². The Hall–Kier alpha value is -1.09. The molecule has 0 aromatic carbocycles. The van der Waals surface area contributed by atoms with Crippen LogP contribution < -0.4 is 5.32 Å². The maximum atomic E-state index is 11.4. The van der Waals surface area contributed by atoms with Crippen LogP contribution in [0.2, 0.25) is 0 Å². The number of aryl methyl sites for hydroxylation is 1. The Morgan fingerprint density at radius 1 is 1.50 bits per heavy atom. The summed E-state index contributed by atoms with van der Waals surface area (Å²) in [7, 11) is 0. The van der Waals surface area contributed by atoms with E-state index in [9.17, 15) is 4.79 Å². The van der Waals surface area contributed by atoms with E-state index in [0.29, 0.717) is 18.6 Å². The zero-order valence-electron chi connectivity index (χ0n) is 8.54. The van der Waals surface area contributed by atoms with Crippen molar-refractivity contribution in [1.29, 1.82) is 0 Å². The third kappa shape index (κ3) is 1.87. The van der Waals surface area contributed by atoms with Crippen molar-refractivity contribution in [2.75, 3.05) is 0 Å². The van der Waals surface area contributed by atoms with Gasteiger partial charge in [0, 0.05) is 30.5 Å². The average molecular weight is 193 g/mol. The zero-order valence-corrected chi connectivity index (χ0v) is 8.54. The predicted octanol–water partition coefficient (Wildman–Crippen LogP) is 1.97. The van der Waals surface area contributed by atoms with Crippen molar-refractivity contribution in [3.8, 4) is 0 Å². The topological polar surface area (TPSA) is 42.2 Å². The first-order valence-corrected chi connectivity index (χ1v) is 4.98. The summed E-state index contributed by atoms with van der Waals surface area (Å²) < 4.78 is 5.24. The lowest BCUT2D eigenvalue weighted by Crippen LogP contribution is -2.38. The molecule has 1 saturated heterocycles. The molecule has 3 heteroatoms. The number of rotatable bonds is 1. The fraction of sp³-hybridized carbons (Fsp3) is 0.545. The molecule has 0 saturated carbocycles. The SMILES string of the molecule is Cc1cc(C2CC(=O)CC(C)N2)co1. The maximum absolute atomic E-state index is 11.4. The Balaban J connectivity index is 2.14. The third-order valence-electron chi connectivity index (χ3n) is 2.60. The summed E-state index contributed by atoms with van der Waals surface area (Å²) in [6.45, 7) is 3.95. The summed E-state index contributed by atoms with van der Waals surface area (Å²) in [5.41, 5.74) is 1.09. The van der Waals surface area contributed by atoms with Crippen molar-refractivity contribution in [1.82, 2.24) is 5.32 Å². The van der Waals surface area contributed by atoms with Gasteiger partial charge in [0.15, 0.2) is 0 Å². The van der Waals surface area contributed by atoms with E-state index in [0.717, 1.165) is 11.3 Å². The van der Waals surface area contributed by atoms with Crippen LogP contribution in [0.5, 0.6) is 0 Å². The van der Waals surface area contributed by atoms with Crippen LogP contribution in [0.4, 0.5) is 0 Å². The molecule has 2 unspecified atom stereocenters. The van der Waals surface area contributed by atoms with Crippen molar-refractivity contribution in [3.05, 3.63) is 23.7 Å². The van der Waals surface area contributed by atoms with Crippen LogP contribution >= 0.6 is 0 Å². The molecule has 1 aliphatic heterocycles. The van der Waals surface area contributed by atoms with Crippen LogP contribution in [0, 0.1) is 6.92 Å². The molecule has 0 radical (unpaired) electrons. The second-order valence-corrected chi connectivity index (χ2v) is 4.06. The van der Waals surface area contributed by atoms with Crippen LogP contribution in [-0.2, 0) is 4.79 Å². The minimum atomic E-state index is 0.142. The first-order valence-electron chi connectivity index (χ1n) is 4.98. The molecule has 2 heterocycles. The smallest absolute Gasteiger partial charge is 0.136 e. The quantitative estimate of drug-likeness (QED) is 0.741. The van der Waals surface area contributed by atoms with Gasteiger partial charge in [0.05, 0.1) is 6.26 Å².